The zero-order valence-electron chi connectivity index (χ0n) is 15.2. The van der Waals surface area contributed by atoms with Gasteiger partial charge in [0.25, 0.3) is 0 Å². The van der Waals surface area contributed by atoms with Gasteiger partial charge in [0, 0.05) is 17.3 Å². The van der Waals surface area contributed by atoms with Crippen molar-refractivity contribution in [1.29, 1.82) is 0 Å². The summed E-state index contributed by atoms with van der Waals surface area (Å²) in [4.78, 5) is 6.58. The average molecular weight is 376 g/mol. The number of benzene rings is 4. The van der Waals surface area contributed by atoms with Crippen LogP contribution in [-0.4, -0.2) is 12.5 Å². The molecule has 4 heteroatoms. The first kappa shape index (κ1) is 18.7. The Morgan fingerprint density at radius 1 is 0.741 bits per heavy atom. The minimum absolute atomic E-state index is 0. The van der Waals surface area contributed by atoms with Crippen molar-refractivity contribution in [1.82, 2.24) is 0 Å². The zero-order chi connectivity index (χ0) is 17.9. The maximum absolute atomic E-state index is 6.45. The number of guanidine groups is 1. The lowest BCUT2D eigenvalue weighted by atomic mass is 10.0. The number of hydrogen-bond donors (Lipinski definition) is 1. The van der Waals surface area contributed by atoms with Crippen LogP contribution in [0.1, 0.15) is 6.92 Å². The minimum atomic E-state index is 0. The second-order valence-corrected chi connectivity index (χ2v) is 6.16. The molecule has 136 valence electrons. The van der Waals surface area contributed by atoms with E-state index in [0.717, 1.165) is 22.1 Å². The molecule has 0 saturated heterocycles. The van der Waals surface area contributed by atoms with Crippen molar-refractivity contribution in [3.63, 3.8) is 0 Å². The van der Waals surface area contributed by atoms with Gasteiger partial charge in [-0.15, -0.1) is 12.4 Å². The van der Waals surface area contributed by atoms with Crippen molar-refractivity contribution < 1.29 is 0 Å². The molecular weight excluding hydrogens is 354 g/mol. The Morgan fingerprint density at radius 2 is 1.19 bits per heavy atom. The first-order chi connectivity index (χ1) is 12.8. The molecule has 0 amide bonds. The fourth-order valence-electron chi connectivity index (χ4n) is 3.42. The van der Waals surface area contributed by atoms with E-state index >= 15 is 0 Å². The van der Waals surface area contributed by atoms with Crippen LogP contribution >= 0.6 is 12.4 Å². The molecule has 4 aromatic carbocycles. The molecule has 27 heavy (non-hydrogen) atoms. The Balaban J connectivity index is 0.00000210. The van der Waals surface area contributed by atoms with Gasteiger partial charge in [-0.3, -0.25) is 9.89 Å². The maximum Gasteiger partial charge on any atom is 0.200 e. The fourth-order valence-corrected chi connectivity index (χ4v) is 3.42. The van der Waals surface area contributed by atoms with Gasteiger partial charge in [-0.25, -0.2) is 0 Å². The number of halogens is 1. The van der Waals surface area contributed by atoms with Gasteiger partial charge < -0.3 is 5.73 Å². The van der Waals surface area contributed by atoms with Crippen LogP contribution in [0.25, 0.3) is 21.5 Å². The molecular formula is C23H22ClN3. The van der Waals surface area contributed by atoms with Crippen LogP contribution in [0.4, 0.5) is 11.4 Å². The molecule has 0 heterocycles. The van der Waals surface area contributed by atoms with E-state index < -0.39 is 0 Å². The number of nitrogens with two attached hydrogens (primary N) is 1. The van der Waals surface area contributed by atoms with E-state index in [4.69, 9.17) is 5.73 Å². The van der Waals surface area contributed by atoms with E-state index in [9.17, 15) is 0 Å². The van der Waals surface area contributed by atoms with Crippen LogP contribution in [0.5, 0.6) is 0 Å². The van der Waals surface area contributed by atoms with Crippen LogP contribution in [0.15, 0.2) is 89.9 Å². The smallest absolute Gasteiger partial charge is 0.200 e. The monoisotopic (exact) mass is 375 g/mol. The lowest BCUT2D eigenvalue weighted by Crippen LogP contribution is -2.34. The van der Waals surface area contributed by atoms with Crippen molar-refractivity contribution >= 4 is 51.3 Å². The van der Waals surface area contributed by atoms with Crippen molar-refractivity contribution in [3.8, 4) is 0 Å². The summed E-state index contributed by atoms with van der Waals surface area (Å²) in [5.41, 5.74) is 8.52. The molecule has 0 aliphatic carbocycles. The molecule has 4 rings (SSSR count). The third-order valence-electron chi connectivity index (χ3n) is 4.56. The van der Waals surface area contributed by atoms with Gasteiger partial charge >= 0.3 is 0 Å². The number of anilines is 2. The summed E-state index contributed by atoms with van der Waals surface area (Å²) in [6, 6.07) is 29.3. The van der Waals surface area contributed by atoms with Gasteiger partial charge in [-0.05, 0) is 29.8 Å². The summed E-state index contributed by atoms with van der Waals surface area (Å²) in [5.74, 6) is 0.500. The van der Waals surface area contributed by atoms with E-state index in [0.29, 0.717) is 12.5 Å². The van der Waals surface area contributed by atoms with Crippen molar-refractivity contribution in [3.05, 3.63) is 84.9 Å². The molecule has 0 spiro atoms. The summed E-state index contributed by atoms with van der Waals surface area (Å²) in [6.45, 7) is 2.63. The van der Waals surface area contributed by atoms with Gasteiger partial charge in [0.1, 0.15) is 0 Å². The van der Waals surface area contributed by atoms with Crippen LogP contribution < -0.4 is 10.6 Å². The standard InChI is InChI=1S/C23H21N3.ClH/c1-2-25-23(24)26(21-15-7-11-17-9-3-5-13-19(17)21)22-16-8-12-18-10-4-6-14-20(18)22;/h3-16H,2H2,1H3,(H2,24,25);1H. The van der Waals surface area contributed by atoms with Crippen LogP contribution in [0.2, 0.25) is 0 Å². The summed E-state index contributed by atoms with van der Waals surface area (Å²) in [5, 5.41) is 4.66. The Morgan fingerprint density at radius 3 is 1.67 bits per heavy atom. The Hall–Kier alpha value is -3.04. The van der Waals surface area contributed by atoms with Crippen LogP contribution in [0, 0.1) is 0 Å². The molecule has 0 saturated carbocycles. The lowest BCUT2D eigenvalue weighted by Gasteiger charge is -2.26. The summed E-state index contributed by atoms with van der Waals surface area (Å²) in [6.07, 6.45) is 0. The third-order valence-corrected chi connectivity index (χ3v) is 4.56. The second-order valence-electron chi connectivity index (χ2n) is 6.16. The second kappa shape index (κ2) is 8.11. The molecule has 0 unspecified atom stereocenters. The normalized spacial score (nSPS) is 11.4. The van der Waals surface area contributed by atoms with Gasteiger partial charge in [-0.1, -0.05) is 72.8 Å². The van der Waals surface area contributed by atoms with Gasteiger partial charge in [0.15, 0.2) is 0 Å². The minimum Gasteiger partial charge on any atom is -0.369 e. The summed E-state index contributed by atoms with van der Waals surface area (Å²) >= 11 is 0. The highest BCUT2D eigenvalue weighted by atomic mass is 35.5. The topological polar surface area (TPSA) is 41.6 Å². The summed E-state index contributed by atoms with van der Waals surface area (Å²) in [7, 11) is 0. The maximum atomic E-state index is 6.45. The van der Waals surface area contributed by atoms with Crippen LogP contribution in [-0.2, 0) is 0 Å². The van der Waals surface area contributed by atoms with Crippen LogP contribution in [0.3, 0.4) is 0 Å². The molecule has 0 atom stereocenters. The van der Waals surface area contributed by atoms with E-state index in [1.54, 1.807) is 0 Å². The van der Waals surface area contributed by atoms with E-state index in [-0.39, 0.29) is 12.4 Å². The highest BCUT2D eigenvalue weighted by molar-refractivity contribution is 6.13. The predicted octanol–water partition coefficient (Wildman–Crippen LogP) is 5.89. The largest absolute Gasteiger partial charge is 0.369 e. The van der Waals surface area contributed by atoms with Crippen molar-refractivity contribution in [2.45, 2.75) is 6.92 Å². The van der Waals surface area contributed by atoms with Gasteiger partial charge in [0.2, 0.25) is 5.96 Å². The molecule has 2 N–H and O–H groups in total. The molecule has 0 aromatic heterocycles. The zero-order valence-corrected chi connectivity index (χ0v) is 16.0. The highest BCUT2D eigenvalue weighted by Gasteiger charge is 2.18. The highest BCUT2D eigenvalue weighted by Crippen LogP contribution is 2.36. The average Bonchev–Trinajstić information content (AvgIpc) is 2.69. The Labute approximate surface area is 165 Å². The number of fused-ring (bicyclic) bond motifs is 2. The van der Waals surface area contributed by atoms with E-state index in [2.05, 4.69) is 94.8 Å². The predicted molar refractivity (Wildman–Crippen MR) is 119 cm³/mol. The molecule has 4 aromatic rings. The first-order valence-corrected chi connectivity index (χ1v) is 8.85. The molecule has 0 fully saturated rings. The quantitative estimate of drug-likeness (QED) is 0.358. The molecule has 3 nitrogen and oxygen atoms in total. The molecule has 0 aliphatic rings. The number of nitrogens with zero attached hydrogens (tertiary/aromatic N) is 2. The van der Waals surface area contributed by atoms with Crippen molar-refractivity contribution in [2.75, 3.05) is 11.4 Å². The van der Waals surface area contributed by atoms with E-state index in [1.165, 1.54) is 10.8 Å². The van der Waals surface area contributed by atoms with Gasteiger partial charge in [-0.2, -0.15) is 0 Å². The third kappa shape index (κ3) is 3.46. The number of aliphatic imine (C=N–C) groups is 1. The Kier molecular flexibility index (Phi) is 5.63. The van der Waals surface area contributed by atoms with Gasteiger partial charge in [0.05, 0.1) is 11.4 Å². The molecule has 0 aliphatic heterocycles. The van der Waals surface area contributed by atoms with E-state index in [1.807, 2.05) is 6.92 Å². The SMILES string of the molecule is CCN=C(N)N(c1cccc2ccccc12)c1cccc2ccccc12.Cl. The lowest BCUT2D eigenvalue weighted by molar-refractivity contribution is 1.10. The fraction of sp³-hybridized carbons (Fsp3) is 0.0870. The Bertz CT molecular complexity index is 1010. The number of rotatable bonds is 3. The molecule has 0 radical (unpaired) electrons. The summed E-state index contributed by atoms with van der Waals surface area (Å²) < 4.78 is 0. The molecule has 0 bridgehead atoms. The first-order valence-electron chi connectivity index (χ1n) is 8.85. The van der Waals surface area contributed by atoms with Crippen molar-refractivity contribution in [2.24, 2.45) is 10.7 Å². The number of hydrogen-bond acceptors (Lipinski definition) is 1.